The van der Waals surface area contributed by atoms with Crippen LogP contribution in [-0.2, 0) is 16.1 Å². The van der Waals surface area contributed by atoms with E-state index in [4.69, 9.17) is 14.2 Å². The van der Waals surface area contributed by atoms with Crippen molar-refractivity contribution in [1.82, 2.24) is 0 Å². The molecule has 4 nitrogen and oxygen atoms in total. The maximum atomic E-state index is 12.3. The molecule has 0 radical (unpaired) electrons. The van der Waals surface area contributed by atoms with Crippen molar-refractivity contribution < 1.29 is 19.0 Å². The van der Waals surface area contributed by atoms with Crippen LogP contribution in [0, 0.1) is 0 Å². The first kappa shape index (κ1) is 13.5. The summed E-state index contributed by atoms with van der Waals surface area (Å²) in [7, 11) is 3.22. The van der Waals surface area contributed by atoms with Crippen LogP contribution < -0.4 is 9.47 Å². The highest BCUT2D eigenvalue weighted by molar-refractivity contribution is 5.84. The Labute approximate surface area is 123 Å². The standard InChI is InChI=1S/C17H16O4/c1-19-13-5-3-4-11(8-13)16-15-9-14(20-2)7-6-12(15)10-21-17(16)18/h3-9,16H,10H2,1-2H3. The Hall–Kier alpha value is -2.49. The molecule has 0 saturated carbocycles. The summed E-state index contributed by atoms with van der Waals surface area (Å²) in [5.41, 5.74) is 2.79. The average molecular weight is 284 g/mol. The molecule has 108 valence electrons. The molecule has 0 amide bonds. The van der Waals surface area contributed by atoms with Gasteiger partial charge in [0, 0.05) is 0 Å². The monoisotopic (exact) mass is 284 g/mol. The summed E-state index contributed by atoms with van der Waals surface area (Å²) in [5, 5.41) is 0. The van der Waals surface area contributed by atoms with Gasteiger partial charge < -0.3 is 14.2 Å². The molecule has 1 aliphatic rings. The van der Waals surface area contributed by atoms with Crippen molar-refractivity contribution in [2.45, 2.75) is 12.5 Å². The van der Waals surface area contributed by atoms with E-state index < -0.39 is 5.92 Å². The van der Waals surface area contributed by atoms with Crippen molar-refractivity contribution in [3.05, 3.63) is 59.2 Å². The Morgan fingerprint density at radius 3 is 2.57 bits per heavy atom. The number of carbonyl (C=O) groups is 1. The molecule has 2 aromatic carbocycles. The molecule has 0 aromatic heterocycles. The Kier molecular flexibility index (Phi) is 3.52. The lowest BCUT2D eigenvalue weighted by Crippen LogP contribution is -2.23. The highest BCUT2D eigenvalue weighted by atomic mass is 16.5. The molecular formula is C17H16O4. The first-order valence-corrected chi connectivity index (χ1v) is 6.70. The van der Waals surface area contributed by atoms with Gasteiger partial charge >= 0.3 is 5.97 Å². The predicted octanol–water partition coefficient (Wildman–Crippen LogP) is 2.89. The lowest BCUT2D eigenvalue weighted by atomic mass is 9.86. The van der Waals surface area contributed by atoms with E-state index in [0.29, 0.717) is 6.61 Å². The maximum Gasteiger partial charge on any atom is 0.318 e. The summed E-state index contributed by atoms with van der Waals surface area (Å²) in [5.74, 6) is 0.759. The minimum atomic E-state index is -0.445. The summed E-state index contributed by atoms with van der Waals surface area (Å²) >= 11 is 0. The molecule has 1 aliphatic heterocycles. The van der Waals surface area contributed by atoms with Gasteiger partial charge in [0.1, 0.15) is 24.0 Å². The Morgan fingerprint density at radius 1 is 1.05 bits per heavy atom. The van der Waals surface area contributed by atoms with Gasteiger partial charge in [-0.2, -0.15) is 0 Å². The normalized spacial score (nSPS) is 16.9. The number of cyclic esters (lactones) is 1. The number of methoxy groups -OCH3 is 2. The van der Waals surface area contributed by atoms with Crippen LogP contribution in [0.25, 0.3) is 0 Å². The van der Waals surface area contributed by atoms with Crippen LogP contribution in [0.4, 0.5) is 0 Å². The topological polar surface area (TPSA) is 44.8 Å². The highest BCUT2D eigenvalue weighted by Crippen LogP contribution is 2.36. The van der Waals surface area contributed by atoms with Crippen LogP contribution in [0.2, 0.25) is 0 Å². The first-order chi connectivity index (χ1) is 10.2. The van der Waals surface area contributed by atoms with Crippen LogP contribution >= 0.6 is 0 Å². The summed E-state index contributed by atoms with van der Waals surface area (Å²) < 4.78 is 15.8. The molecule has 1 heterocycles. The molecule has 3 rings (SSSR count). The highest BCUT2D eigenvalue weighted by Gasteiger charge is 2.31. The summed E-state index contributed by atoms with van der Waals surface area (Å²) in [6, 6.07) is 13.2. The molecule has 0 aliphatic carbocycles. The van der Waals surface area contributed by atoms with E-state index in [1.807, 2.05) is 42.5 Å². The maximum absolute atomic E-state index is 12.3. The fourth-order valence-electron chi connectivity index (χ4n) is 2.60. The zero-order chi connectivity index (χ0) is 14.8. The van der Waals surface area contributed by atoms with Gasteiger partial charge in [-0.05, 0) is 41.0 Å². The van der Waals surface area contributed by atoms with Crippen molar-refractivity contribution in [3.63, 3.8) is 0 Å². The van der Waals surface area contributed by atoms with E-state index >= 15 is 0 Å². The minimum absolute atomic E-state index is 0.246. The lowest BCUT2D eigenvalue weighted by molar-refractivity contribution is -0.147. The third kappa shape index (κ3) is 2.44. The van der Waals surface area contributed by atoms with Crippen LogP contribution in [0.3, 0.4) is 0 Å². The van der Waals surface area contributed by atoms with Gasteiger partial charge in [0.15, 0.2) is 0 Å². The van der Waals surface area contributed by atoms with E-state index in [9.17, 15) is 4.79 Å². The second-order valence-electron chi connectivity index (χ2n) is 4.88. The lowest BCUT2D eigenvalue weighted by Gasteiger charge is -2.25. The molecule has 1 atom stereocenters. The van der Waals surface area contributed by atoms with Crippen LogP contribution in [-0.4, -0.2) is 20.2 Å². The SMILES string of the molecule is COc1cccc(C2C(=O)OCc3ccc(OC)cc32)c1. The fraction of sp³-hybridized carbons (Fsp3) is 0.235. The molecular weight excluding hydrogens is 268 g/mol. The molecule has 0 spiro atoms. The summed E-state index contributed by atoms with van der Waals surface area (Å²) in [6.07, 6.45) is 0. The van der Waals surface area contributed by atoms with Crippen molar-refractivity contribution in [2.24, 2.45) is 0 Å². The van der Waals surface area contributed by atoms with Crippen LogP contribution in [0.5, 0.6) is 11.5 Å². The summed E-state index contributed by atoms with van der Waals surface area (Å²) in [6.45, 7) is 0.304. The van der Waals surface area contributed by atoms with E-state index in [1.54, 1.807) is 14.2 Å². The molecule has 0 N–H and O–H groups in total. The van der Waals surface area contributed by atoms with Crippen molar-refractivity contribution in [2.75, 3.05) is 14.2 Å². The Balaban J connectivity index is 2.11. The third-order valence-electron chi connectivity index (χ3n) is 3.70. The predicted molar refractivity (Wildman–Crippen MR) is 77.6 cm³/mol. The molecule has 21 heavy (non-hydrogen) atoms. The number of carbonyl (C=O) groups excluding carboxylic acids is 1. The number of ether oxygens (including phenoxy) is 3. The van der Waals surface area contributed by atoms with Crippen molar-refractivity contribution in [1.29, 1.82) is 0 Å². The molecule has 0 fully saturated rings. The van der Waals surface area contributed by atoms with Gasteiger partial charge in [0.2, 0.25) is 0 Å². The van der Waals surface area contributed by atoms with Crippen LogP contribution in [0.1, 0.15) is 22.6 Å². The molecule has 1 unspecified atom stereocenters. The second kappa shape index (κ2) is 5.48. The first-order valence-electron chi connectivity index (χ1n) is 6.70. The second-order valence-corrected chi connectivity index (χ2v) is 4.88. The van der Waals surface area contributed by atoms with Gasteiger partial charge in [-0.1, -0.05) is 18.2 Å². The van der Waals surface area contributed by atoms with Gasteiger partial charge in [0.05, 0.1) is 14.2 Å². The summed E-state index contributed by atoms with van der Waals surface area (Å²) in [4.78, 5) is 12.3. The quantitative estimate of drug-likeness (QED) is 0.813. The Bertz CT molecular complexity index is 678. The zero-order valence-corrected chi connectivity index (χ0v) is 12.0. The van der Waals surface area contributed by atoms with E-state index in [0.717, 1.165) is 28.2 Å². The van der Waals surface area contributed by atoms with Crippen molar-refractivity contribution >= 4 is 5.97 Å². The number of hydrogen-bond acceptors (Lipinski definition) is 4. The number of benzene rings is 2. The van der Waals surface area contributed by atoms with Gasteiger partial charge in [-0.25, -0.2) is 0 Å². The van der Waals surface area contributed by atoms with Crippen molar-refractivity contribution in [3.8, 4) is 11.5 Å². The van der Waals surface area contributed by atoms with E-state index in [-0.39, 0.29) is 5.97 Å². The Morgan fingerprint density at radius 2 is 1.81 bits per heavy atom. The molecule has 0 saturated heterocycles. The van der Waals surface area contributed by atoms with E-state index in [2.05, 4.69) is 0 Å². The molecule has 4 heteroatoms. The van der Waals surface area contributed by atoms with Gasteiger partial charge in [0.25, 0.3) is 0 Å². The number of esters is 1. The number of rotatable bonds is 3. The average Bonchev–Trinajstić information content (AvgIpc) is 2.54. The van der Waals surface area contributed by atoms with Gasteiger partial charge in [-0.3, -0.25) is 4.79 Å². The molecule has 0 bridgehead atoms. The largest absolute Gasteiger partial charge is 0.497 e. The van der Waals surface area contributed by atoms with Gasteiger partial charge in [-0.15, -0.1) is 0 Å². The third-order valence-corrected chi connectivity index (χ3v) is 3.70. The van der Waals surface area contributed by atoms with E-state index in [1.165, 1.54) is 0 Å². The zero-order valence-electron chi connectivity index (χ0n) is 12.0. The molecule has 2 aromatic rings. The van der Waals surface area contributed by atoms with Crippen LogP contribution in [0.15, 0.2) is 42.5 Å². The smallest absolute Gasteiger partial charge is 0.318 e. The number of fused-ring (bicyclic) bond motifs is 1. The fourth-order valence-corrected chi connectivity index (χ4v) is 2.60. The minimum Gasteiger partial charge on any atom is -0.497 e. The number of hydrogen-bond donors (Lipinski definition) is 0.